The van der Waals surface area contributed by atoms with E-state index in [4.69, 9.17) is 46.4 Å². The minimum absolute atomic E-state index is 0.332. The first-order valence-corrected chi connectivity index (χ1v) is 5.74. The Morgan fingerprint density at radius 2 is 1.60 bits per heavy atom. The monoisotopic (exact) mass is 289 g/mol. The van der Waals surface area contributed by atoms with Gasteiger partial charge in [0.15, 0.2) is 4.33 Å². The van der Waals surface area contributed by atoms with Crippen LogP contribution in [0.5, 0.6) is 0 Å². The Morgan fingerprint density at radius 1 is 1.20 bits per heavy atom. The van der Waals surface area contributed by atoms with Gasteiger partial charge in [-0.15, -0.1) is 0 Å². The third-order valence-electron chi connectivity index (χ3n) is 1.49. The summed E-state index contributed by atoms with van der Waals surface area (Å²) < 4.78 is -1.44. The Balaban J connectivity index is 4.54. The molecule has 86 valence electrons. The SMILES string of the molecule is CC(Cl)(Cl)C(=O)N(C/C=C/Cl)C/C=C/Cl. The van der Waals surface area contributed by atoms with Gasteiger partial charge in [0.2, 0.25) is 0 Å². The number of halogens is 4. The van der Waals surface area contributed by atoms with Crippen LogP contribution in [0.15, 0.2) is 23.2 Å². The topological polar surface area (TPSA) is 20.3 Å². The normalized spacial score (nSPS) is 12.6. The molecule has 0 aliphatic rings. The summed E-state index contributed by atoms with van der Waals surface area (Å²) in [6, 6.07) is 0. The molecule has 0 aromatic carbocycles. The molecule has 0 aromatic rings. The van der Waals surface area contributed by atoms with Crippen molar-refractivity contribution < 1.29 is 4.79 Å². The largest absolute Gasteiger partial charge is 0.333 e. The molecule has 0 aliphatic carbocycles. The lowest BCUT2D eigenvalue weighted by molar-refractivity contribution is -0.130. The molecule has 0 aromatic heterocycles. The summed E-state index contributed by atoms with van der Waals surface area (Å²) in [6.07, 6.45) is 3.22. The molecule has 0 spiro atoms. The molecule has 0 radical (unpaired) electrons. The summed E-state index contributed by atoms with van der Waals surface area (Å²) in [7, 11) is 0. The summed E-state index contributed by atoms with van der Waals surface area (Å²) in [4.78, 5) is 13.1. The Kier molecular flexibility index (Phi) is 7.45. The van der Waals surface area contributed by atoms with Crippen LogP contribution in [0.3, 0.4) is 0 Å². The number of carbonyl (C=O) groups excluding carboxylic acids is 1. The summed E-state index contributed by atoms with van der Waals surface area (Å²) in [6.45, 7) is 2.08. The fourth-order valence-electron chi connectivity index (χ4n) is 0.852. The molecule has 1 amide bonds. The van der Waals surface area contributed by atoms with Crippen LogP contribution in [0.2, 0.25) is 0 Å². The molecule has 0 rings (SSSR count). The van der Waals surface area contributed by atoms with Crippen LogP contribution in [-0.2, 0) is 4.79 Å². The molecular weight excluding hydrogens is 280 g/mol. The number of alkyl halides is 2. The summed E-state index contributed by atoms with van der Waals surface area (Å²) in [5.74, 6) is -0.393. The predicted molar refractivity (Wildman–Crippen MR) is 66.7 cm³/mol. The van der Waals surface area contributed by atoms with Gasteiger partial charge in [0, 0.05) is 24.2 Å². The standard InChI is InChI=1S/C9H11Cl4NO/c1-9(12,13)8(15)14(6-2-4-10)7-3-5-11/h2-5H,6-7H2,1H3/b4-2+,5-3+. The van der Waals surface area contributed by atoms with Gasteiger partial charge in [0.25, 0.3) is 5.91 Å². The van der Waals surface area contributed by atoms with E-state index >= 15 is 0 Å². The van der Waals surface area contributed by atoms with Crippen molar-refractivity contribution >= 4 is 52.3 Å². The average molecular weight is 291 g/mol. The van der Waals surface area contributed by atoms with E-state index in [1.165, 1.54) is 22.9 Å². The number of amides is 1. The van der Waals surface area contributed by atoms with Crippen molar-refractivity contribution in [2.75, 3.05) is 13.1 Å². The number of nitrogens with zero attached hydrogens (tertiary/aromatic N) is 1. The van der Waals surface area contributed by atoms with Crippen LogP contribution in [0.4, 0.5) is 0 Å². The molecule has 2 nitrogen and oxygen atoms in total. The minimum Gasteiger partial charge on any atom is -0.333 e. The van der Waals surface area contributed by atoms with Gasteiger partial charge in [-0.25, -0.2) is 0 Å². The van der Waals surface area contributed by atoms with E-state index in [0.717, 1.165) is 0 Å². The molecule has 0 fully saturated rings. The second-order valence-electron chi connectivity index (χ2n) is 2.82. The van der Waals surface area contributed by atoms with Crippen LogP contribution in [0.1, 0.15) is 6.92 Å². The summed E-state index contributed by atoms with van der Waals surface area (Å²) in [5, 5.41) is 0. The number of rotatable bonds is 5. The van der Waals surface area contributed by atoms with Gasteiger partial charge >= 0.3 is 0 Å². The van der Waals surface area contributed by atoms with Gasteiger partial charge in [-0.1, -0.05) is 58.6 Å². The van der Waals surface area contributed by atoms with Crippen molar-refractivity contribution in [3.63, 3.8) is 0 Å². The zero-order chi connectivity index (χ0) is 11.9. The molecule has 15 heavy (non-hydrogen) atoms. The van der Waals surface area contributed by atoms with E-state index in [-0.39, 0.29) is 0 Å². The third-order valence-corrected chi connectivity index (χ3v) is 2.17. The van der Waals surface area contributed by atoms with Crippen molar-refractivity contribution in [2.45, 2.75) is 11.3 Å². The Labute approximate surface area is 109 Å². The summed E-state index contributed by atoms with van der Waals surface area (Å²) >= 11 is 22.1. The molecule has 0 atom stereocenters. The fraction of sp³-hybridized carbons (Fsp3) is 0.444. The number of hydrogen-bond acceptors (Lipinski definition) is 1. The first-order valence-electron chi connectivity index (χ1n) is 4.11. The lowest BCUT2D eigenvalue weighted by atomic mass is 10.3. The lowest BCUT2D eigenvalue weighted by Crippen LogP contribution is -2.40. The number of hydrogen-bond donors (Lipinski definition) is 0. The van der Waals surface area contributed by atoms with E-state index in [1.807, 2.05) is 0 Å². The van der Waals surface area contributed by atoms with Gasteiger partial charge in [-0.3, -0.25) is 4.79 Å². The highest BCUT2D eigenvalue weighted by molar-refractivity contribution is 6.57. The van der Waals surface area contributed by atoms with Gasteiger partial charge in [0.05, 0.1) is 0 Å². The van der Waals surface area contributed by atoms with Crippen LogP contribution >= 0.6 is 46.4 Å². The fourth-order valence-corrected chi connectivity index (χ4v) is 1.25. The van der Waals surface area contributed by atoms with Crippen LogP contribution in [-0.4, -0.2) is 28.2 Å². The van der Waals surface area contributed by atoms with Crippen molar-refractivity contribution in [1.82, 2.24) is 4.90 Å². The maximum atomic E-state index is 11.7. The van der Waals surface area contributed by atoms with Gasteiger partial charge in [-0.05, 0) is 6.92 Å². The Morgan fingerprint density at radius 3 is 1.87 bits per heavy atom. The van der Waals surface area contributed by atoms with Crippen LogP contribution in [0, 0.1) is 0 Å². The second kappa shape index (κ2) is 7.39. The van der Waals surface area contributed by atoms with E-state index in [2.05, 4.69) is 0 Å². The van der Waals surface area contributed by atoms with Gasteiger partial charge in [-0.2, -0.15) is 0 Å². The first-order chi connectivity index (χ1) is 6.93. The summed E-state index contributed by atoms with van der Waals surface area (Å²) in [5.41, 5.74) is 2.65. The highest BCUT2D eigenvalue weighted by Crippen LogP contribution is 2.22. The van der Waals surface area contributed by atoms with Crippen molar-refractivity contribution in [3.05, 3.63) is 23.2 Å². The van der Waals surface area contributed by atoms with E-state index < -0.39 is 10.2 Å². The third kappa shape index (κ3) is 6.31. The molecule has 0 aliphatic heterocycles. The maximum Gasteiger partial charge on any atom is 0.259 e. The molecule has 6 heteroatoms. The Bertz CT molecular complexity index is 243. The van der Waals surface area contributed by atoms with Crippen molar-refractivity contribution in [2.24, 2.45) is 0 Å². The molecule has 0 heterocycles. The molecule has 0 saturated carbocycles. The van der Waals surface area contributed by atoms with Crippen LogP contribution in [0.25, 0.3) is 0 Å². The lowest BCUT2D eigenvalue weighted by Gasteiger charge is -2.24. The minimum atomic E-state index is -1.44. The van der Waals surface area contributed by atoms with E-state index in [1.54, 1.807) is 12.2 Å². The molecule has 0 bridgehead atoms. The molecule has 0 unspecified atom stereocenters. The molecule has 0 N–H and O–H groups in total. The average Bonchev–Trinajstić information content (AvgIpc) is 2.16. The number of carbonyl (C=O) groups is 1. The van der Waals surface area contributed by atoms with Gasteiger partial charge < -0.3 is 4.90 Å². The smallest absolute Gasteiger partial charge is 0.259 e. The second-order valence-corrected chi connectivity index (χ2v) is 5.03. The quantitative estimate of drug-likeness (QED) is 0.710. The maximum absolute atomic E-state index is 11.7. The zero-order valence-corrected chi connectivity index (χ0v) is 11.1. The highest BCUT2D eigenvalue weighted by Gasteiger charge is 2.31. The van der Waals surface area contributed by atoms with Gasteiger partial charge in [0.1, 0.15) is 0 Å². The molecule has 0 saturated heterocycles. The highest BCUT2D eigenvalue weighted by atomic mass is 35.5. The zero-order valence-electron chi connectivity index (χ0n) is 8.09. The predicted octanol–water partition coefficient (Wildman–Crippen LogP) is 3.51. The Hall–Kier alpha value is 0.110. The van der Waals surface area contributed by atoms with Crippen LogP contribution < -0.4 is 0 Å². The first kappa shape index (κ1) is 15.1. The van der Waals surface area contributed by atoms with Crippen molar-refractivity contribution in [3.8, 4) is 0 Å². The van der Waals surface area contributed by atoms with E-state index in [9.17, 15) is 4.79 Å². The van der Waals surface area contributed by atoms with Crippen molar-refractivity contribution in [1.29, 1.82) is 0 Å². The van der Waals surface area contributed by atoms with E-state index in [0.29, 0.717) is 13.1 Å². The molecular formula is C9H11Cl4NO.